The lowest BCUT2D eigenvalue weighted by atomic mass is 10.2. The van der Waals surface area contributed by atoms with Crippen molar-refractivity contribution in [2.75, 3.05) is 6.61 Å². The van der Waals surface area contributed by atoms with Crippen LogP contribution in [0.2, 0.25) is 0 Å². The number of benzene rings is 1. The third-order valence-corrected chi connectivity index (χ3v) is 4.09. The molecule has 6 heteroatoms. The smallest absolute Gasteiger partial charge is 0.258 e. The van der Waals surface area contributed by atoms with E-state index in [1.165, 1.54) is 5.56 Å². The largest absolute Gasteiger partial charge is 0.484 e. The molecule has 110 valence electrons. The van der Waals surface area contributed by atoms with E-state index in [1.54, 1.807) is 35.6 Å². The molecule has 0 saturated heterocycles. The molecule has 0 spiro atoms. The van der Waals surface area contributed by atoms with Gasteiger partial charge in [0.1, 0.15) is 10.7 Å². The van der Waals surface area contributed by atoms with Crippen molar-refractivity contribution in [2.24, 2.45) is 5.73 Å². The first kappa shape index (κ1) is 15.5. The molecule has 1 amide bonds. The number of carbonyl (C=O) groups excluding carboxylic acids is 1. The highest BCUT2D eigenvalue weighted by Gasteiger charge is 2.05. The van der Waals surface area contributed by atoms with E-state index in [2.05, 4.69) is 10.7 Å². The number of rotatable bonds is 6. The molecule has 0 fully saturated rings. The fraction of sp³-hybridized carbons (Fsp3) is 0.200. The van der Waals surface area contributed by atoms with Crippen LogP contribution >= 0.6 is 23.6 Å². The van der Waals surface area contributed by atoms with Crippen molar-refractivity contribution >= 4 is 34.5 Å². The Labute approximate surface area is 132 Å². The Bertz CT molecular complexity index is 635. The lowest BCUT2D eigenvalue weighted by Crippen LogP contribution is -2.28. The van der Waals surface area contributed by atoms with Crippen LogP contribution in [0.25, 0.3) is 0 Å². The predicted molar refractivity (Wildman–Crippen MR) is 88.7 cm³/mol. The number of hydrogen-bond acceptors (Lipinski definition) is 4. The second-order valence-electron chi connectivity index (χ2n) is 4.53. The summed E-state index contributed by atoms with van der Waals surface area (Å²) in [6.45, 7) is 2.53. The molecule has 0 aliphatic heterocycles. The van der Waals surface area contributed by atoms with E-state index in [-0.39, 0.29) is 12.5 Å². The molecule has 1 aromatic carbocycles. The fourth-order valence-corrected chi connectivity index (χ4v) is 2.67. The van der Waals surface area contributed by atoms with Gasteiger partial charge in [0.15, 0.2) is 6.61 Å². The van der Waals surface area contributed by atoms with Gasteiger partial charge < -0.3 is 15.8 Å². The van der Waals surface area contributed by atoms with Gasteiger partial charge in [0.2, 0.25) is 0 Å². The zero-order chi connectivity index (χ0) is 15.2. The van der Waals surface area contributed by atoms with Gasteiger partial charge in [-0.2, -0.15) is 11.3 Å². The van der Waals surface area contributed by atoms with Crippen molar-refractivity contribution < 1.29 is 9.53 Å². The third-order valence-electron chi connectivity index (χ3n) is 2.95. The van der Waals surface area contributed by atoms with Gasteiger partial charge in [-0.25, -0.2) is 0 Å². The molecule has 1 heterocycles. The average molecular weight is 320 g/mol. The molecule has 0 radical (unpaired) electrons. The van der Waals surface area contributed by atoms with Gasteiger partial charge in [-0.15, -0.1) is 0 Å². The Hall–Kier alpha value is -1.92. The topological polar surface area (TPSA) is 64.3 Å². The normalized spacial score (nSPS) is 10.1. The minimum absolute atomic E-state index is 0.0183. The van der Waals surface area contributed by atoms with Crippen LogP contribution in [-0.2, 0) is 11.3 Å². The highest BCUT2D eigenvalue weighted by Crippen LogP contribution is 2.13. The molecule has 0 bridgehead atoms. The lowest BCUT2D eigenvalue weighted by Gasteiger charge is -2.08. The number of aryl methyl sites for hydroxylation is 1. The SMILES string of the molecule is Cc1cscc1CNC(=O)COc1ccc(C(N)=S)cc1. The van der Waals surface area contributed by atoms with Crippen LogP contribution in [0.3, 0.4) is 0 Å². The van der Waals surface area contributed by atoms with Crippen LogP contribution in [0.15, 0.2) is 35.0 Å². The van der Waals surface area contributed by atoms with Gasteiger partial charge in [0, 0.05) is 12.1 Å². The van der Waals surface area contributed by atoms with Crippen LogP contribution in [0.1, 0.15) is 16.7 Å². The molecule has 21 heavy (non-hydrogen) atoms. The maximum atomic E-state index is 11.7. The van der Waals surface area contributed by atoms with Gasteiger partial charge in [0.25, 0.3) is 5.91 Å². The number of ether oxygens (including phenoxy) is 1. The molecule has 0 saturated carbocycles. The highest BCUT2D eigenvalue weighted by molar-refractivity contribution is 7.80. The second-order valence-corrected chi connectivity index (χ2v) is 5.72. The fourth-order valence-electron chi connectivity index (χ4n) is 1.68. The van der Waals surface area contributed by atoms with Crippen LogP contribution < -0.4 is 15.8 Å². The van der Waals surface area contributed by atoms with E-state index in [0.717, 1.165) is 11.1 Å². The van der Waals surface area contributed by atoms with Gasteiger partial charge in [-0.05, 0) is 53.1 Å². The van der Waals surface area contributed by atoms with E-state index < -0.39 is 0 Å². The second kappa shape index (κ2) is 7.19. The van der Waals surface area contributed by atoms with E-state index in [1.807, 2.05) is 12.3 Å². The Balaban J connectivity index is 1.78. The van der Waals surface area contributed by atoms with Crippen molar-refractivity contribution in [3.05, 3.63) is 51.7 Å². The van der Waals surface area contributed by atoms with Crippen molar-refractivity contribution in [1.29, 1.82) is 0 Å². The summed E-state index contributed by atoms with van der Waals surface area (Å²) >= 11 is 6.50. The number of nitrogens with one attached hydrogen (secondary N) is 1. The molecule has 1 aromatic heterocycles. The quantitative estimate of drug-likeness (QED) is 0.802. The summed E-state index contributed by atoms with van der Waals surface area (Å²) in [4.78, 5) is 12.1. The van der Waals surface area contributed by atoms with Crippen molar-refractivity contribution in [1.82, 2.24) is 5.32 Å². The summed E-state index contributed by atoms with van der Waals surface area (Å²) in [7, 11) is 0. The molecule has 0 aliphatic rings. The van der Waals surface area contributed by atoms with Gasteiger partial charge in [-0.3, -0.25) is 4.79 Å². The minimum atomic E-state index is -0.154. The summed E-state index contributed by atoms with van der Waals surface area (Å²) < 4.78 is 5.41. The van der Waals surface area contributed by atoms with E-state index in [0.29, 0.717) is 17.3 Å². The first-order valence-corrected chi connectivity index (χ1v) is 7.72. The zero-order valence-electron chi connectivity index (χ0n) is 11.6. The standard InChI is InChI=1S/C15H16N2O2S2/c1-10-8-21-9-12(10)6-17-14(18)7-19-13-4-2-11(3-5-13)15(16)20/h2-5,8-9H,6-7H2,1H3,(H2,16,20)(H,17,18). The molecule has 0 unspecified atom stereocenters. The Morgan fingerprint density at radius 3 is 2.62 bits per heavy atom. The molecular weight excluding hydrogens is 304 g/mol. The first-order valence-electron chi connectivity index (χ1n) is 6.37. The van der Waals surface area contributed by atoms with Crippen LogP contribution in [0, 0.1) is 6.92 Å². The highest BCUT2D eigenvalue weighted by atomic mass is 32.1. The van der Waals surface area contributed by atoms with Crippen molar-refractivity contribution in [3.8, 4) is 5.75 Å². The minimum Gasteiger partial charge on any atom is -0.484 e. The third kappa shape index (κ3) is 4.54. The molecular formula is C15H16N2O2S2. The summed E-state index contributed by atoms with van der Waals surface area (Å²) in [5.41, 5.74) is 8.61. The monoisotopic (exact) mass is 320 g/mol. The number of nitrogens with two attached hydrogens (primary N) is 1. The number of hydrogen-bond donors (Lipinski definition) is 2. The molecule has 2 rings (SSSR count). The maximum absolute atomic E-state index is 11.7. The summed E-state index contributed by atoms with van der Waals surface area (Å²) in [5.74, 6) is 0.455. The molecule has 2 aromatic rings. The van der Waals surface area contributed by atoms with Crippen molar-refractivity contribution in [2.45, 2.75) is 13.5 Å². The average Bonchev–Trinajstić information content (AvgIpc) is 2.88. The number of amides is 1. The van der Waals surface area contributed by atoms with Gasteiger partial charge in [-0.1, -0.05) is 12.2 Å². The summed E-state index contributed by atoms with van der Waals surface area (Å²) in [6.07, 6.45) is 0. The predicted octanol–water partition coefficient (Wildman–Crippen LogP) is 2.39. The van der Waals surface area contributed by atoms with Gasteiger partial charge >= 0.3 is 0 Å². The molecule has 0 aliphatic carbocycles. The Morgan fingerprint density at radius 1 is 1.33 bits per heavy atom. The van der Waals surface area contributed by atoms with Crippen LogP contribution in [-0.4, -0.2) is 17.5 Å². The Kier molecular flexibility index (Phi) is 5.30. The Morgan fingerprint density at radius 2 is 2.05 bits per heavy atom. The first-order chi connectivity index (χ1) is 10.1. The summed E-state index contributed by atoms with van der Waals surface area (Å²) in [5, 5.41) is 6.92. The van der Waals surface area contributed by atoms with Gasteiger partial charge in [0.05, 0.1) is 0 Å². The van der Waals surface area contributed by atoms with E-state index in [9.17, 15) is 4.79 Å². The molecule has 0 atom stereocenters. The van der Waals surface area contributed by atoms with E-state index in [4.69, 9.17) is 22.7 Å². The molecule has 3 N–H and O–H groups in total. The van der Waals surface area contributed by atoms with E-state index >= 15 is 0 Å². The lowest BCUT2D eigenvalue weighted by molar-refractivity contribution is -0.123. The van der Waals surface area contributed by atoms with Crippen LogP contribution in [0.4, 0.5) is 0 Å². The van der Waals surface area contributed by atoms with Crippen molar-refractivity contribution in [3.63, 3.8) is 0 Å². The number of carbonyl (C=O) groups is 1. The number of thiophene rings is 1. The number of thiocarbonyl (C=S) groups is 1. The van der Waals surface area contributed by atoms with Crippen LogP contribution in [0.5, 0.6) is 5.75 Å². The maximum Gasteiger partial charge on any atom is 0.258 e. The molecule has 4 nitrogen and oxygen atoms in total. The zero-order valence-corrected chi connectivity index (χ0v) is 13.2. The summed E-state index contributed by atoms with van der Waals surface area (Å²) in [6, 6.07) is 7.02.